The van der Waals surface area contributed by atoms with Gasteiger partial charge in [0.25, 0.3) is 0 Å². The van der Waals surface area contributed by atoms with Crippen LogP contribution in [-0.4, -0.2) is 22.4 Å². The number of hydrogen-bond acceptors (Lipinski definition) is 2. The standard InChI is InChI=1S/C24H28O2/c1-23(2)19-15-20(23)24(22(26)16-19,18-11-7-4-8-12-18)21(25)14-13-17-9-5-3-6-10-17/h3-14,19-22,25-26H,15-16H2,1-2H3/b14-13+/t19-,20-,21+,22+,24+/m1/s1. The van der Waals surface area contributed by atoms with Gasteiger partial charge in [0.1, 0.15) is 0 Å². The van der Waals surface area contributed by atoms with Crippen LogP contribution in [0, 0.1) is 17.3 Å². The molecule has 2 N–H and O–H groups in total. The maximum Gasteiger partial charge on any atom is 0.0848 e. The van der Waals surface area contributed by atoms with E-state index in [1.165, 1.54) is 0 Å². The van der Waals surface area contributed by atoms with Gasteiger partial charge in [-0.05, 0) is 41.2 Å². The van der Waals surface area contributed by atoms with Crippen molar-refractivity contribution in [1.29, 1.82) is 0 Å². The van der Waals surface area contributed by atoms with Crippen molar-refractivity contribution in [2.24, 2.45) is 17.3 Å². The Morgan fingerprint density at radius 1 is 0.962 bits per heavy atom. The summed E-state index contributed by atoms with van der Waals surface area (Å²) in [5, 5.41) is 22.6. The van der Waals surface area contributed by atoms with Crippen molar-refractivity contribution in [3.63, 3.8) is 0 Å². The number of hydrogen-bond donors (Lipinski definition) is 2. The lowest BCUT2D eigenvalue weighted by molar-refractivity contribution is -0.202. The quantitative estimate of drug-likeness (QED) is 0.858. The molecule has 3 saturated carbocycles. The molecule has 5 rings (SSSR count). The smallest absolute Gasteiger partial charge is 0.0848 e. The lowest BCUT2D eigenvalue weighted by Gasteiger charge is -2.68. The van der Waals surface area contributed by atoms with Gasteiger partial charge in [-0.2, -0.15) is 0 Å². The molecule has 2 nitrogen and oxygen atoms in total. The molecule has 0 heterocycles. The summed E-state index contributed by atoms with van der Waals surface area (Å²) in [6.45, 7) is 4.59. The Morgan fingerprint density at radius 3 is 2.19 bits per heavy atom. The molecular formula is C24H28O2. The van der Waals surface area contributed by atoms with Crippen LogP contribution < -0.4 is 0 Å². The van der Waals surface area contributed by atoms with E-state index in [1.54, 1.807) is 0 Å². The normalized spacial score (nSPS) is 33.6. The second-order valence-electron chi connectivity index (χ2n) is 8.57. The van der Waals surface area contributed by atoms with Gasteiger partial charge in [-0.1, -0.05) is 86.7 Å². The minimum atomic E-state index is -0.731. The molecule has 3 fully saturated rings. The summed E-state index contributed by atoms with van der Waals surface area (Å²) in [5.74, 6) is 0.811. The van der Waals surface area contributed by atoms with Crippen molar-refractivity contribution in [1.82, 2.24) is 0 Å². The van der Waals surface area contributed by atoms with Gasteiger partial charge >= 0.3 is 0 Å². The van der Waals surface area contributed by atoms with Crippen LogP contribution in [-0.2, 0) is 5.41 Å². The Balaban J connectivity index is 1.78. The number of rotatable bonds is 4. The minimum absolute atomic E-state index is 0.136. The topological polar surface area (TPSA) is 40.5 Å². The predicted molar refractivity (Wildman–Crippen MR) is 106 cm³/mol. The van der Waals surface area contributed by atoms with Crippen LogP contribution in [0.3, 0.4) is 0 Å². The minimum Gasteiger partial charge on any atom is -0.392 e. The summed E-state index contributed by atoms with van der Waals surface area (Å²) < 4.78 is 0. The van der Waals surface area contributed by atoms with Crippen LogP contribution >= 0.6 is 0 Å². The van der Waals surface area contributed by atoms with E-state index in [0.29, 0.717) is 5.92 Å². The fourth-order valence-corrected chi connectivity index (χ4v) is 5.54. The molecule has 2 heteroatoms. The lowest BCUT2D eigenvalue weighted by atomic mass is 9.37. The molecule has 26 heavy (non-hydrogen) atoms. The van der Waals surface area contributed by atoms with E-state index in [9.17, 15) is 10.2 Å². The Hall–Kier alpha value is -1.90. The molecule has 0 aromatic heterocycles. The largest absolute Gasteiger partial charge is 0.392 e. The van der Waals surface area contributed by atoms with Crippen molar-refractivity contribution in [2.45, 2.75) is 44.3 Å². The Labute approximate surface area is 156 Å². The third-order valence-electron chi connectivity index (χ3n) is 7.14. The van der Waals surface area contributed by atoms with Gasteiger partial charge in [0, 0.05) is 0 Å². The second-order valence-corrected chi connectivity index (χ2v) is 8.57. The maximum atomic E-state index is 11.4. The SMILES string of the molecule is CC1(C)[C@@H]2C[C@H]1[C@@](c1ccccc1)([C@@H](O)/C=C/c1ccccc1)[C@@H](O)C2. The van der Waals surface area contributed by atoms with Crippen LogP contribution in [0.15, 0.2) is 66.7 Å². The molecule has 0 spiro atoms. The monoisotopic (exact) mass is 348 g/mol. The van der Waals surface area contributed by atoms with E-state index in [0.717, 1.165) is 24.0 Å². The van der Waals surface area contributed by atoms with Crippen LogP contribution in [0.25, 0.3) is 6.08 Å². The first-order valence-electron chi connectivity index (χ1n) is 9.62. The lowest BCUT2D eigenvalue weighted by Crippen LogP contribution is -2.69. The summed E-state index contributed by atoms with van der Waals surface area (Å²) >= 11 is 0. The molecule has 5 atom stereocenters. The summed E-state index contributed by atoms with van der Waals surface area (Å²) in [6.07, 6.45) is 4.42. The highest BCUT2D eigenvalue weighted by molar-refractivity contribution is 5.51. The average Bonchev–Trinajstić information content (AvgIpc) is 2.67. The summed E-state index contributed by atoms with van der Waals surface area (Å²) in [4.78, 5) is 0. The van der Waals surface area contributed by atoms with Crippen LogP contribution in [0.5, 0.6) is 0 Å². The van der Waals surface area contributed by atoms with Gasteiger partial charge in [-0.15, -0.1) is 0 Å². The van der Waals surface area contributed by atoms with E-state index in [1.807, 2.05) is 60.7 Å². The van der Waals surface area contributed by atoms with Crippen molar-refractivity contribution in [3.8, 4) is 0 Å². The molecule has 0 saturated heterocycles. The number of benzene rings is 2. The third-order valence-corrected chi connectivity index (χ3v) is 7.14. The van der Waals surface area contributed by atoms with E-state index in [2.05, 4.69) is 26.0 Å². The van der Waals surface area contributed by atoms with Crippen molar-refractivity contribution in [2.75, 3.05) is 0 Å². The summed E-state index contributed by atoms with van der Waals surface area (Å²) in [5.41, 5.74) is 1.60. The Bertz CT molecular complexity index is 780. The Morgan fingerprint density at radius 2 is 1.58 bits per heavy atom. The molecular weight excluding hydrogens is 320 g/mol. The van der Waals surface area contributed by atoms with E-state index >= 15 is 0 Å². The molecule has 0 radical (unpaired) electrons. The molecule has 2 aromatic carbocycles. The number of aliphatic hydroxyl groups is 2. The highest BCUT2D eigenvalue weighted by Crippen LogP contribution is 2.67. The molecule has 136 valence electrons. The zero-order valence-electron chi connectivity index (χ0n) is 15.5. The number of fused-ring (bicyclic) bond motifs is 2. The molecule has 0 amide bonds. The van der Waals surface area contributed by atoms with Crippen molar-refractivity contribution in [3.05, 3.63) is 77.9 Å². The first-order chi connectivity index (χ1) is 12.5. The highest BCUT2D eigenvalue weighted by Gasteiger charge is 2.67. The maximum absolute atomic E-state index is 11.4. The number of aliphatic hydroxyl groups excluding tert-OH is 2. The first-order valence-corrected chi connectivity index (χ1v) is 9.62. The van der Waals surface area contributed by atoms with Gasteiger partial charge in [0.05, 0.1) is 17.6 Å². The predicted octanol–water partition coefficient (Wildman–Crippen LogP) is 4.43. The van der Waals surface area contributed by atoms with Gasteiger partial charge in [-0.3, -0.25) is 0 Å². The fourth-order valence-electron chi connectivity index (χ4n) is 5.54. The molecule has 3 aliphatic rings. The van der Waals surface area contributed by atoms with Gasteiger partial charge in [0.15, 0.2) is 0 Å². The van der Waals surface area contributed by atoms with Crippen LogP contribution in [0.2, 0.25) is 0 Å². The molecule has 2 aromatic rings. The van der Waals surface area contributed by atoms with Gasteiger partial charge in [-0.25, -0.2) is 0 Å². The fraction of sp³-hybridized carbons (Fsp3) is 0.417. The van der Waals surface area contributed by atoms with Crippen molar-refractivity contribution >= 4 is 6.08 Å². The Kier molecular flexibility index (Phi) is 4.29. The zero-order valence-corrected chi connectivity index (χ0v) is 15.5. The average molecular weight is 348 g/mol. The van der Waals surface area contributed by atoms with E-state index in [-0.39, 0.29) is 11.3 Å². The van der Waals surface area contributed by atoms with Crippen LogP contribution in [0.4, 0.5) is 0 Å². The van der Waals surface area contributed by atoms with E-state index in [4.69, 9.17) is 0 Å². The van der Waals surface area contributed by atoms with Gasteiger partial charge in [0.2, 0.25) is 0 Å². The van der Waals surface area contributed by atoms with E-state index < -0.39 is 17.6 Å². The zero-order chi connectivity index (χ0) is 18.4. The highest BCUT2D eigenvalue weighted by atomic mass is 16.3. The first kappa shape index (κ1) is 17.5. The second kappa shape index (κ2) is 6.37. The van der Waals surface area contributed by atoms with Gasteiger partial charge < -0.3 is 10.2 Å². The third kappa shape index (κ3) is 2.47. The van der Waals surface area contributed by atoms with Crippen LogP contribution in [0.1, 0.15) is 37.8 Å². The molecule has 0 unspecified atom stereocenters. The summed E-state index contributed by atoms with van der Waals surface area (Å²) in [6, 6.07) is 20.2. The van der Waals surface area contributed by atoms with Crippen molar-refractivity contribution < 1.29 is 10.2 Å². The summed E-state index contributed by atoms with van der Waals surface area (Å²) in [7, 11) is 0. The molecule has 0 aliphatic heterocycles. The molecule has 2 bridgehead atoms. The molecule has 3 aliphatic carbocycles.